The van der Waals surface area contributed by atoms with Crippen LogP contribution in [0.3, 0.4) is 0 Å². The van der Waals surface area contributed by atoms with Crippen LogP contribution in [0.25, 0.3) is 0 Å². The van der Waals surface area contributed by atoms with Gasteiger partial charge in [0.15, 0.2) is 0 Å². The largest absolute Gasteiger partial charge is 0.115 e. The SMILES string of the molecule is C=CC1=C(C)C2(CCC3C[B]C2C3)C(C=C)=C1C. The Hall–Kier alpha value is -0.975. The lowest BCUT2D eigenvalue weighted by molar-refractivity contribution is 0.265. The van der Waals surface area contributed by atoms with Gasteiger partial charge >= 0.3 is 0 Å². The third-order valence-corrected chi connectivity index (χ3v) is 5.69. The first-order valence-corrected chi connectivity index (χ1v) is 7.16. The minimum atomic E-state index is 0.266. The molecule has 0 aromatic rings. The van der Waals surface area contributed by atoms with E-state index in [1.807, 2.05) is 6.08 Å². The van der Waals surface area contributed by atoms with Gasteiger partial charge in [-0.05, 0) is 49.3 Å². The molecule has 3 atom stereocenters. The second kappa shape index (κ2) is 4.01. The van der Waals surface area contributed by atoms with Gasteiger partial charge in [-0.1, -0.05) is 49.4 Å². The van der Waals surface area contributed by atoms with Crippen molar-refractivity contribution in [2.45, 2.75) is 45.2 Å². The molecule has 0 aromatic heterocycles. The van der Waals surface area contributed by atoms with Crippen LogP contribution in [0.1, 0.15) is 33.1 Å². The fourth-order valence-electron chi connectivity index (χ4n) is 4.81. The molecule has 3 aliphatic rings. The summed E-state index contributed by atoms with van der Waals surface area (Å²) in [4.78, 5) is 0. The van der Waals surface area contributed by atoms with E-state index >= 15 is 0 Å². The van der Waals surface area contributed by atoms with E-state index in [1.54, 1.807) is 5.57 Å². The monoisotopic (exact) mass is 237 g/mol. The molecule has 1 saturated heterocycles. The topological polar surface area (TPSA) is 0 Å². The van der Waals surface area contributed by atoms with Crippen molar-refractivity contribution in [1.29, 1.82) is 0 Å². The Morgan fingerprint density at radius 2 is 2.06 bits per heavy atom. The van der Waals surface area contributed by atoms with Gasteiger partial charge in [-0.15, -0.1) is 0 Å². The quantitative estimate of drug-likeness (QED) is 0.610. The van der Waals surface area contributed by atoms with Crippen molar-refractivity contribution in [1.82, 2.24) is 0 Å². The average molecular weight is 237 g/mol. The number of allylic oxidation sites excluding steroid dienone is 6. The van der Waals surface area contributed by atoms with Crippen LogP contribution in [-0.4, -0.2) is 7.28 Å². The lowest BCUT2D eigenvalue weighted by Crippen LogP contribution is -2.32. The summed E-state index contributed by atoms with van der Waals surface area (Å²) in [6.07, 6.45) is 9.55. The molecular weight excluding hydrogens is 215 g/mol. The molecule has 2 fully saturated rings. The molecule has 2 aliphatic carbocycles. The van der Waals surface area contributed by atoms with E-state index in [9.17, 15) is 0 Å². The van der Waals surface area contributed by atoms with Crippen LogP contribution in [0, 0.1) is 11.3 Å². The van der Waals surface area contributed by atoms with E-state index in [2.05, 4.69) is 40.4 Å². The zero-order valence-corrected chi connectivity index (χ0v) is 11.6. The predicted octanol–water partition coefficient (Wildman–Crippen LogP) is 4.72. The zero-order chi connectivity index (χ0) is 12.9. The average Bonchev–Trinajstić information content (AvgIpc) is 2.85. The van der Waals surface area contributed by atoms with Crippen LogP contribution < -0.4 is 0 Å². The standard InChI is InChI=1S/C17H22B/c1-5-14-11(3)15(6-2)17(12(14)4)8-7-13-9-16(17)18-10-13/h5-6,13,16H,1-2,7-10H2,3-4H3. The second-order valence-electron chi connectivity index (χ2n) is 6.18. The van der Waals surface area contributed by atoms with Crippen molar-refractivity contribution in [3.63, 3.8) is 0 Å². The van der Waals surface area contributed by atoms with Gasteiger partial charge in [-0.2, -0.15) is 0 Å². The lowest BCUT2D eigenvalue weighted by Gasteiger charge is -2.43. The van der Waals surface area contributed by atoms with Crippen LogP contribution >= 0.6 is 0 Å². The van der Waals surface area contributed by atoms with Gasteiger partial charge < -0.3 is 0 Å². The highest BCUT2D eigenvalue weighted by atomic mass is 14.5. The van der Waals surface area contributed by atoms with Gasteiger partial charge in [-0.3, -0.25) is 0 Å². The summed E-state index contributed by atoms with van der Waals surface area (Å²) < 4.78 is 0. The molecule has 1 saturated carbocycles. The summed E-state index contributed by atoms with van der Waals surface area (Å²) in [6, 6.07) is 0. The minimum Gasteiger partial charge on any atom is -0.0987 e. The van der Waals surface area contributed by atoms with Crippen LogP contribution in [0.2, 0.25) is 12.1 Å². The normalized spacial score (nSPS) is 38.3. The van der Waals surface area contributed by atoms with E-state index in [4.69, 9.17) is 0 Å². The molecule has 0 amide bonds. The zero-order valence-electron chi connectivity index (χ0n) is 11.6. The second-order valence-corrected chi connectivity index (χ2v) is 6.18. The predicted molar refractivity (Wildman–Crippen MR) is 79.9 cm³/mol. The van der Waals surface area contributed by atoms with E-state index in [-0.39, 0.29) is 5.41 Å². The fourth-order valence-corrected chi connectivity index (χ4v) is 4.81. The molecular formula is C17H22B. The summed E-state index contributed by atoms with van der Waals surface area (Å²) in [5, 5.41) is 0. The first-order chi connectivity index (χ1) is 8.65. The van der Waals surface area contributed by atoms with E-state index in [0.717, 1.165) is 11.7 Å². The maximum atomic E-state index is 4.10. The van der Waals surface area contributed by atoms with Crippen LogP contribution in [0.15, 0.2) is 47.6 Å². The molecule has 1 radical (unpaired) electrons. The lowest BCUT2D eigenvalue weighted by atomic mass is 9.50. The molecule has 2 bridgehead atoms. The first kappa shape index (κ1) is 12.1. The minimum absolute atomic E-state index is 0.266. The number of fused-ring (bicyclic) bond motifs is 3. The van der Waals surface area contributed by atoms with Crippen molar-refractivity contribution in [2.75, 3.05) is 0 Å². The molecule has 0 nitrogen and oxygen atoms in total. The van der Waals surface area contributed by atoms with Crippen LogP contribution in [0.5, 0.6) is 0 Å². The highest BCUT2D eigenvalue weighted by molar-refractivity contribution is 6.39. The van der Waals surface area contributed by atoms with Crippen molar-refractivity contribution in [2.24, 2.45) is 11.3 Å². The Labute approximate surface area is 112 Å². The Bertz CT molecular complexity index is 480. The molecule has 1 heteroatoms. The van der Waals surface area contributed by atoms with Gasteiger partial charge in [-0.25, -0.2) is 0 Å². The summed E-state index contributed by atoms with van der Waals surface area (Å²) in [5.74, 6) is 1.68. The van der Waals surface area contributed by atoms with E-state index in [0.29, 0.717) is 0 Å². The maximum absolute atomic E-state index is 4.10. The third kappa shape index (κ3) is 1.28. The molecule has 1 heterocycles. The third-order valence-electron chi connectivity index (χ3n) is 5.69. The van der Waals surface area contributed by atoms with Gasteiger partial charge in [0, 0.05) is 5.41 Å². The molecule has 1 aliphatic heterocycles. The highest BCUT2D eigenvalue weighted by Gasteiger charge is 2.52. The summed E-state index contributed by atoms with van der Waals surface area (Å²) in [5.41, 5.74) is 6.09. The highest BCUT2D eigenvalue weighted by Crippen LogP contribution is 2.64. The van der Waals surface area contributed by atoms with Gasteiger partial charge in [0.2, 0.25) is 0 Å². The Balaban J connectivity index is 2.18. The summed E-state index contributed by atoms with van der Waals surface area (Å²) in [6.45, 7) is 12.7. The van der Waals surface area contributed by atoms with Crippen molar-refractivity contribution >= 4 is 7.28 Å². The molecule has 1 spiro atoms. The Kier molecular flexibility index (Phi) is 2.69. The number of hydrogen-bond donors (Lipinski definition) is 0. The van der Waals surface area contributed by atoms with Crippen LogP contribution in [0.4, 0.5) is 0 Å². The molecule has 0 N–H and O–H groups in total. The van der Waals surface area contributed by atoms with E-state index < -0.39 is 0 Å². The van der Waals surface area contributed by atoms with Gasteiger partial charge in [0.05, 0.1) is 0 Å². The maximum Gasteiger partial charge on any atom is 0.115 e. The number of rotatable bonds is 2. The summed E-state index contributed by atoms with van der Waals surface area (Å²) in [7, 11) is 2.59. The first-order valence-electron chi connectivity index (χ1n) is 7.16. The van der Waals surface area contributed by atoms with Crippen molar-refractivity contribution in [3.8, 4) is 0 Å². The molecule has 18 heavy (non-hydrogen) atoms. The Morgan fingerprint density at radius 1 is 1.28 bits per heavy atom. The van der Waals surface area contributed by atoms with Gasteiger partial charge in [0.25, 0.3) is 0 Å². The Morgan fingerprint density at radius 3 is 2.72 bits per heavy atom. The molecule has 3 unspecified atom stereocenters. The molecule has 0 aromatic carbocycles. The fraction of sp³-hybridized carbons (Fsp3) is 0.529. The number of hydrogen-bond acceptors (Lipinski definition) is 0. The van der Waals surface area contributed by atoms with E-state index in [1.165, 1.54) is 42.3 Å². The van der Waals surface area contributed by atoms with Crippen molar-refractivity contribution < 1.29 is 0 Å². The van der Waals surface area contributed by atoms with Gasteiger partial charge in [0.1, 0.15) is 7.28 Å². The smallest absolute Gasteiger partial charge is 0.0987 e. The summed E-state index contributed by atoms with van der Waals surface area (Å²) >= 11 is 0. The van der Waals surface area contributed by atoms with Crippen LogP contribution in [-0.2, 0) is 0 Å². The van der Waals surface area contributed by atoms with Crippen molar-refractivity contribution in [3.05, 3.63) is 47.6 Å². The molecule has 3 rings (SSSR count). The molecule has 93 valence electrons.